The summed E-state index contributed by atoms with van der Waals surface area (Å²) < 4.78 is 13.6. The lowest BCUT2D eigenvalue weighted by Gasteiger charge is -2.22. The van der Waals surface area contributed by atoms with Crippen LogP contribution in [0.25, 0.3) is 0 Å². The summed E-state index contributed by atoms with van der Waals surface area (Å²) in [5.41, 5.74) is 5.97. The summed E-state index contributed by atoms with van der Waals surface area (Å²) in [5, 5.41) is 0.300. The number of carbonyl (C=O) groups is 1. The van der Waals surface area contributed by atoms with E-state index in [0.29, 0.717) is 24.7 Å². The Bertz CT molecular complexity index is 478. The van der Waals surface area contributed by atoms with Gasteiger partial charge in [0.1, 0.15) is 5.82 Å². The molecule has 1 aliphatic heterocycles. The molecule has 2 N–H and O–H groups in total. The van der Waals surface area contributed by atoms with Crippen LogP contribution >= 0.6 is 24.0 Å². The number of nitrogens with two attached hydrogens (primary N) is 1. The molecule has 2 rings (SSSR count). The lowest BCUT2D eigenvalue weighted by atomic mass is 9.90. The predicted molar refractivity (Wildman–Crippen MR) is 80.7 cm³/mol. The van der Waals surface area contributed by atoms with Crippen LogP contribution in [0.15, 0.2) is 18.2 Å². The van der Waals surface area contributed by atoms with E-state index >= 15 is 0 Å². The first-order valence-corrected chi connectivity index (χ1v) is 6.74. The summed E-state index contributed by atoms with van der Waals surface area (Å²) in [6.45, 7) is 3.93. The van der Waals surface area contributed by atoms with Gasteiger partial charge in [-0.3, -0.25) is 4.79 Å². The predicted octanol–water partition coefficient (Wildman–Crippen LogP) is 2.64. The number of amides is 1. The molecule has 1 unspecified atom stereocenters. The molecule has 112 valence electrons. The number of hydrogen-bond donors (Lipinski definition) is 1. The average molecular weight is 321 g/mol. The summed E-state index contributed by atoms with van der Waals surface area (Å²) in [5.74, 6) is -0.522. The van der Waals surface area contributed by atoms with Gasteiger partial charge in [-0.2, -0.15) is 0 Å². The Kier molecular flexibility index (Phi) is 5.80. The van der Waals surface area contributed by atoms with Crippen LogP contribution in [-0.4, -0.2) is 30.4 Å². The van der Waals surface area contributed by atoms with Crippen LogP contribution in [0.3, 0.4) is 0 Å². The second kappa shape index (κ2) is 6.74. The zero-order valence-corrected chi connectivity index (χ0v) is 12.9. The number of nitrogens with zero attached hydrogens (tertiary/aromatic N) is 1. The van der Waals surface area contributed by atoms with Crippen molar-refractivity contribution in [2.24, 2.45) is 11.1 Å². The van der Waals surface area contributed by atoms with Gasteiger partial charge in [-0.25, -0.2) is 4.39 Å². The molecule has 1 aromatic carbocycles. The number of carbonyl (C=O) groups excluding carboxylic acids is 1. The smallest absolute Gasteiger partial charge is 0.227 e. The number of halogens is 3. The standard InChI is InChI=1S/C14H18ClFN2O.ClH/c1-14(8-17)5-6-18(9-14)13(19)7-10-11(15)3-2-4-12(10)16;/h2-4H,5-9,17H2,1H3;1H. The number of rotatable bonds is 3. The maximum Gasteiger partial charge on any atom is 0.227 e. The highest BCUT2D eigenvalue weighted by Crippen LogP contribution is 2.29. The molecule has 1 fully saturated rings. The Hall–Kier alpha value is -0.840. The van der Waals surface area contributed by atoms with E-state index in [4.69, 9.17) is 17.3 Å². The van der Waals surface area contributed by atoms with Crippen molar-refractivity contribution in [1.82, 2.24) is 4.90 Å². The third-order valence-electron chi connectivity index (χ3n) is 3.79. The Morgan fingerprint density at radius 2 is 2.25 bits per heavy atom. The quantitative estimate of drug-likeness (QED) is 0.930. The van der Waals surface area contributed by atoms with Gasteiger partial charge >= 0.3 is 0 Å². The molecule has 3 nitrogen and oxygen atoms in total. The molecule has 1 saturated heterocycles. The van der Waals surface area contributed by atoms with Crippen molar-refractivity contribution in [1.29, 1.82) is 0 Å². The van der Waals surface area contributed by atoms with Crippen LogP contribution in [0.5, 0.6) is 0 Å². The lowest BCUT2D eigenvalue weighted by Crippen LogP contribution is -2.35. The largest absolute Gasteiger partial charge is 0.342 e. The first-order chi connectivity index (χ1) is 8.95. The molecule has 1 atom stereocenters. The van der Waals surface area contributed by atoms with Crippen molar-refractivity contribution in [2.75, 3.05) is 19.6 Å². The van der Waals surface area contributed by atoms with E-state index in [2.05, 4.69) is 6.92 Å². The van der Waals surface area contributed by atoms with Gasteiger partial charge in [0, 0.05) is 23.7 Å². The molecule has 0 aromatic heterocycles. The van der Waals surface area contributed by atoms with E-state index < -0.39 is 5.82 Å². The minimum absolute atomic E-state index is 0. The molecule has 0 spiro atoms. The highest BCUT2D eigenvalue weighted by Gasteiger charge is 2.34. The van der Waals surface area contributed by atoms with Gasteiger partial charge in [0.05, 0.1) is 6.42 Å². The fourth-order valence-corrected chi connectivity index (χ4v) is 2.60. The van der Waals surface area contributed by atoms with Crippen LogP contribution in [-0.2, 0) is 11.2 Å². The first-order valence-electron chi connectivity index (χ1n) is 6.36. The molecule has 0 saturated carbocycles. The van der Waals surface area contributed by atoms with Crippen LogP contribution < -0.4 is 5.73 Å². The SMILES string of the molecule is CC1(CN)CCN(C(=O)Cc2c(F)cccc2Cl)C1.Cl. The topological polar surface area (TPSA) is 46.3 Å². The summed E-state index contributed by atoms with van der Waals surface area (Å²) in [7, 11) is 0. The summed E-state index contributed by atoms with van der Waals surface area (Å²) in [4.78, 5) is 13.9. The van der Waals surface area contributed by atoms with Crippen molar-refractivity contribution in [3.05, 3.63) is 34.6 Å². The normalized spacial score (nSPS) is 21.7. The van der Waals surface area contributed by atoms with Gasteiger partial charge in [0.15, 0.2) is 0 Å². The second-order valence-corrected chi connectivity index (χ2v) is 5.86. The molecular formula is C14H19Cl2FN2O. The maximum absolute atomic E-state index is 13.6. The Balaban J connectivity index is 0.00000200. The highest BCUT2D eigenvalue weighted by atomic mass is 35.5. The Morgan fingerprint density at radius 1 is 1.55 bits per heavy atom. The molecule has 0 bridgehead atoms. The van der Waals surface area contributed by atoms with Crippen molar-refractivity contribution in [3.63, 3.8) is 0 Å². The van der Waals surface area contributed by atoms with Gasteiger partial charge in [0.2, 0.25) is 5.91 Å². The van der Waals surface area contributed by atoms with E-state index in [1.807, 2.05) is 0 Å². The third kappa shape index (κ3) is 3.62. The lowest BCUT2D eigenvalue weighted by molar-refractivity contribution is -0.129. The van der Waals surface area contributed by atoms with Gasteiger partial charge in [-0.05, 0) is 30.5 Å². The Labute approximate surface area is 129 Å². The first kappa shape index (κ1) is 17.2. The van der Waals surface area contributed by atoms with Crippen molar-refractivity contribution in [3.8, 4) is 0 Å². The van der Waals surface area contributed by atoms with Gasteiger partial charge in [0.25, 0.3) is 0 Å². The minimum atomic E-state index is -0.429. The molecule has 0 radical (unpaired) electrons. The number of hydrogen-bond acceptors (Lipinski definition) is 2. The van der Waals surface area contributed by atoms with E-state index in [1.54, 1.807) is 11.0 Å². The summed E-state index contributed by atoms with van der Waals surface area (Å²) >= 11 is 5.93. The van der Waals surface area contributed by atoms with Gasteiger partial charge in [-0.15, -0.1) is 12.4 Å². The van der Waals surface area contributed by atoms with Crippen molar-refractivity contribution >= 4 is 29.9 Å². The van der Waals surface area contributed by atoms with Gasteiger partial charge < -0.3 is 10.6 Å². The van der Waals surface area contributed by atoms with Crippen LogP contribution in [0.2, 0.25) is 5.02 Å². The zero-order chi connectivity index (χ0) is 14.0. The maximum atomic E-state index is 13.6. The summed E-state index contributed by atoms with van der Waals surface area (Å²) in [6, 6.07) is 4.46. The molecule has 1 heterocycles. The van der Waals surface area contributed by atoms with E-state index in [9.17, 15) is 9.18 Å². The van der Waals surface area contributed by atoms with Crippen molar-refractivity contribution in [2.45, 2.75) is 19.8 Å². The van der Waals surface area contributed by atoms with E-state index in [0.717, 1.165) is 6.42 Å². The number of likely N-dealkylation sites (tertiary alicyclic amines) is 1. The average Bonchev–Trinajstić information content (AvgIpc) is 2.77. The Morgan fingerprint density at radius 3 is 2.80 bits per heavy atom. The van der Waals surface area contributed by atoms with Crippen LogP contribution in [0.1, 0.15) is 18.9 Å². The molecule has 0 aliphatic carbocycles. The van der Waals surface area contributed by atoms with Crippen molar-refractivity contribution < 1.29 is 9.18 Å². The second-order valence-electron chi connectivity index (χ2n) is 5.46. The molecule has 1 aliphatic rings. The van der Waals surface area contributed by atoms with E-state index in [1.165, 1.54) is 12.1 Å². The molecule has 1 aromatic rings. The van der Waals surface area contributed by atoms with E-state index in [-0.39, 0.29) is 35.7 Å². The van der Waals surface area contributed by atoms with Crippen LogP contribution in [0.4, 0.5) is 4.39 Å². The fourth-order valence-electron chi connectivity index (χ4n) is 2.37. The zero-order valence-electron chi connectivity index (χ0n) is 11.4. The fraction of sp³-hybridized carbons (Fsp3) is 0.500. The number of benzene rings is 1. The molecule has 20 heavy (non-hydrogen) atoms. The summed E-state index contributed by atoms with van der Waals surface area (Å²) in [6.07, 6.45) is 0.895. The third-order valence-corrected chi connectivity index (χ3v) is 4.15. The monoisotopic (exact) mass is 320 g/mol. The highest BCUT2D eigenvalue weighted by molar-refractivity contribution is 6.31. The molecular weight excluding hydrogens is 302 g/mol. The molecule has 1 amide bonds. The minimum Gasteiger partial charge on any atom is -0.342 e. The van der Waals surface area contributed by atoms with Crippen LogP contribution in [0, 0.1) is 11.2 Å². The van der Waals surface area contributed by atoms with Gasteiger partial charge in [-0.1, -0.05) is 24.6 Å². The molecule has 6 heteroatoms.